The smallest absolute Gasteiger partial charge is 0.149 e. The van der Waals surface area contributed by atoms with Crippen molar-refractivity contribution in [2.45, 2.75) is 53.0 Å². The van der Waals surface area contributed by atoms with E-state index in [4.69, 9.17) is 0 Å². The Hall–Kier alpha value is -1.77. The second-order valence-corrected chi connectivity index (χ2v) is 6.93. The quantitative estimate of drug-likeness (QED) is 0.771. The maximum absolute atomic E-state index is 12.4. The molecule has 0 aromatic heterocycles. The molecule has 0 saturated heterocycles. The molecule has 0 heterocycles. The Morgan fingerprint density at radius 1 is 1.23 bits per heavy atom. The number of ketones is 2. The Morgan fingerprint density at radius 2 is 1.91 bits per heavy atom. The van der Waals surface area contributed by atoms with Gasteiger partial charge in [0, 0.05) is 18.6 Å². The molecule has 1 aliphatic carbocycles. The maximum atomic E-state index is 12.4. The molecule has 1 aromatic carbocycles. The first kappa shape index (κ1) is 16.6. The minimum Gasteiger partial charge on any atom is -0.298 e. The van der Waals surface area contributed by atoms with Crippen molar-refractivity contribution in [3.8, 4) is 0 Å². The highest BCUT2D eigenvalue weighted by atomic mass is 16.2. The number of nitrogens with zero attached hydrogens (tertiary/aromatic N) is 1. The summed E-state index contributed by atoms with van der Waals surface area (Å²) < 4.78 is 0. The SMILES string of the molecule is CCCC(=O)[C@@H]1C(=O)CC(C)(C)CC1=NCc1ccccc1. The monoisotopic (exact) mass is 299 g/mol. The molecule has 0 unspecified atom stereocenters. The second-order valence-electron chi connectivity index (χ2n) is 6.93. The van der Waals surface area contributed by atoms with E-state index in [1.54, 1.807) is 0 Å². The average Bonchev–Trinajstić information content (AvgIpc) is 2.44. The molecule has 0 aliphatic heterocycles. The Morgan fingerprint density at radius 3 is 2.55 bits per heavy atom. The first-order valence-corrected chi connectivity index (χ1v) is 8.05. The molecule has 1 aliphatic rings. The van der Waals surface area contributed by atoms with Gasteiger partial charge < -0.3 is 0 Å². The van der Waals surface area contributed by atoms with Gasteiger partial charge in [-0.15, -0.1) is 0 Å². The van der Waals surface area contributed by atoms with Crippen molar-refractivity contribution in [1.29, 1.82) is 0 Å². The lowest BCUT2D eigenvalue weighted by Crippen LogP contribution is -2.42. The van der Waals surface area contributed by atoms with Crippen molar-refractivity contribution in [1.82, 2.24) is 0 Å². The van der Waals surface area contributed by atoms with Gasteiger partial charge in [-0.1, -0.05) is 51.1 Å². The highest BCUT2D eigenvalue weighted by Gasteiger charge is 2.41. The van der Waals surface area contributed by atoms with Crippen molar-refractivity contribution in [3.63, 3.8) is 0 Å². The van der Waals surface area contributed by atoms with Gasteiger partial charge in [-0.05, 0) is 23.8 Å². The first-order valence-electron chi connectivity index (χ1n) is 8.05. The van der Waals surface area contributed by atoms with Crippen LogP contribution < -0.4 is 0 Å². The lowest BCUT2D eigenvalue weighted by molar-refractivity contribution is -0.132. The van der Waals surface area contributed by atoms with Gasteiger partial charge in [0.2, 0.25) is 0 Å². The summed E-state index contributed by atoms with van der Waals surface area (Å²) in [6.45, 7) is 6.65. The van der Waals surface area contributed by atoms with Crippen LogP contribution in [0.15, 0.2) is 35.3 Å². The van der Waals surface area contributed by atoms with Crippen LogP contribution in [0.1, 0.15) is 52.0 Å². The van der Waals surface area contributed by atoms with Crippen LogP contribution in [0.4, 0.5) is 0 Å². The number of hydrogen-bond acceptors (Lipinski definition) is 3. The Bertz CT molecular complexity index is 572. The summed E-state index contributed by atoms with van der Waals surface area (Å²) in [6.07, 6.45) is 2.43. The van der Waals surface area contributed by atoms with E-state index in [9.17, 15) is 9.59 Å². The summed E-state index contributed by atoms with van der Waals surface area (Å²) in [5.74, 6) is -0.520. The Labute approximate surface area is 132 Å². The molecule has 1 fully saturated rings. The zero-order valence-corrected chi connectivity index (χ0v) is 13.8. The minimum absolute atomic E-state index is 0.0369. The lowest BCUT2D eigenvalue weighted by Gasteiger charge is -2.34. The molecule has 2 rings (SSSR count). The van der Waals surface area contributed by atoms with Crippen molar-refractivity contribution in [2.24, 2.45) is 16.3 Å². The van der Waals surface area contributed by atoms with Crippen molar-refractivity contribution in [3.05, 3.63) is 35.9 Å². The molecule has 0 N–H and O–H groups in total. The lowest BCUT2D eigenvalue weighted by atomic mass is 9.69. The molecule has 22 heavy (non-hydrogen) atoms. The summed E-state index contributed by atoms with van der Waals surface area (Å²) in [6, 6.07) is 9.96. The van der Waals surface area contributed by atoms with E-state index >= 15 is 0 Å². The highest BCUT2D eigenvalue weighted by Crippen LogP contribution is 2.35. The number of rotatable bonds is 5. The van der Waals surface area contributed by atoms with Gasteiger partial charge in [0.05, 0.1) is 6.54 Å². The van der Waals surface area contributed by atoms with Crippen LogP contribution >= 0.6 is 0 Å². The van der Waals surface area contributed by atoms with Crippen LogP contribution in [-0.2, 0) is 16.1 Å². The van der Waals surface area contributed by atoms with Crippen LogP contribution in [0.3, 0.4) is 0 Å². The van der Waals surface area contributed by atoms with Gasteiger partial charge in [0.1, 0.15) is 17.5 Å². The van der Waals surface area contributed by atoms with Gasteiger partial charge in [-0.3, -0.25) is 14.6 Å². The van der Waals surface area contributed by atoms with Crippen LogP contribution in [0, 0.1) is 11.3 Å². The summed E-state index contributed by atoms with van der Waals surface area (Å²) in [4.78, 5) is 29.4. The molecule has 1 aromatic rings. The van der Waals surface area contributed by atoms with E-state index in [-0.39, 0.29) is 17.0 Å². The molecule has 3 heteroatoms. The largest absolute Gasteiger partial charge is 0.298 e. The number of benzene rings is 1. The summed E-state index contributed by atoms with van der Waals surface area (Å²) in [5.41, 5.74) is 1.78. The molecule has 0 spiro atoms. The third kappa shape index (κ3) is 4.12. The van der Waals surface area contributed by atoms with E-state index in [1.807, 2.05) is 37.3 Å². The summed E-state index contributed by atoms with van der Waals surface area (Å²) >= 11 is 0. The van der Waals surface area contributed by atoms with E-state index in [0.717, 1.165) is 24.1 Å². The van der Waals surface area contributed by atoms with Gasteiger partial charge >= 0.3 is 0 Å². The average molecular weight is 299 g/mol. The van der Waals surface area contributed by atoms with Crippen LogP contribution in [0.2, 0.25) is 0 Å². The molecule has 1 atom stereocenters. The van der Waals surface area contributed by atoms with E-state index in [1.165, 1.54) is 0 Å². The molecule has 0 radical (unpaired) electrons. The minimum atomic E-state index is -0.600. The predicted molar refractivity (Wildman–Crippen MR) is 89.0 cm³/mol. The predicted octanol–water partition coefficient (Wildman–Crippen LogP) is 4.00. The molecule has 1 saturated carbocycles. The van der Waals surface area contributed by atoms with E-state index < -0.39 is 5.92 Å². The van der Waals surface area contributed by atoms with Crippen LogP contribution in [0.25, 0.3) is 0 Å². The fourth-order valence-electron chi connectivity index (χ4n) is 3.09. The number of carbonyl (C=O) groups is 2. The van der Waals surface area contributed by atoms with Gasteiger partial charge in [-0.25, -0.2) is 0 Å². The van der Waals surface area contributed by atoms with Crippen molar-refractivity contribution < 1.29 is 9.59 Å². The molecular formula is C19H25NO2. The third-order valence-corrected chi connectivity index (χ3v) is 4.09. The van der Waals surface area contributed by atoms with Gasteiger partial charge in [-0.2, -0.15) is 0 Å². The van der Waals surface area contributed by atoms with Crippen LogP contribution in [0.5, 0.6) is 0 Å². The van der Waals surface area contributed by atoms with Crippen molar-refractivity contribution in [2.75, 3.05) is 0 Å². The molecular weight excluding hydrogens is 274 g/mol. The summed E-state index contributed by atoms with van der Waals surface area (Å²) in [5, 5.41) is 0. The Kier molecular flexibility index (Phi) is 5.28. The normalized spacial score (nSPS) is 22.8. The fraction of sp³-hybridized carbons (Fsp3) is 0.526. The fourth-order valence-corrected chi connectivity index (χ4v) is 3.09. The van der Waals surface area contributed by atoms with Crippen molar-refractivity contribution >= 4 is 17.3 Å². The molecule has 0 amide bonds. The maximum Gasteiger partial charge on any atom is 0.149 e. The van der Waals surface area contributed by atoms with Gasteiger partial charge in [0.25, 0.3) is 0 Å². The first-order chi connectivity index (χ1) is 10.4. The number of Topliss-reactive ketones (excluding diaryl/α,β-unsaturated/α-hetero) is 2. The number of hydrogen-bond donors (Lipinski definition) is 0. The standard InChI is InChI=1S/C19H25NO2/c1-4-8-16(21)18-15(11-19(2,3)12-17(18)22)20-13-14-9-6-5-7-10-14/h5-7,9-10,18H,4,8,11-13H2,1-3H3/t18-/m1/s1. The van der Waals surface area contributed by atoms with E-state index in [2.05, 4.69) is 18.8 Å². The van der Waals surface area contributed by atoms with E-state index in [0.29, 0.717) is 19.4 Å². The summed E-state index contributed by atoms with van der Waals surface area (Å²) in [7, 11) is 0. The zero-order chi connectivity index (χ0) is 16.2. The van der Waals surface area contributed by atoms with Gasteiger partial charge in [0.15, 0.2) is 0 Å². The third-order valence-electron chi connectivity index (χ3n) is 4.09. The number of carbonyl (C=O) groups excluding carboxylic acids is 2. The molecule has 0 bridgehead atoms. The van der Waals surface area contributed by atoms with Crippen LogP contribution in [-0.4, -0.2) is 17.3 Å². The Balaban J connectivity index is 2.25. The topological polar surface area (TPSA) is 46.5 Å². The molecule has 118 valence electrons. The number of aliphatic imine (C=N–C) groups is 1. The zero-order valence-electron chi connectivity index (χ0n) is 13.8. The highest BCUT2D eigenvalue weighted by molar-refractivity contribution is 6.22. The molecule has 3 nitrogen and oxygen atoms in total. The second kappa shape index (κ2) is 6.99.